The van der Waals surface area contributed by atoms with Gasteiger partial charge in [-0.25, -0.2) is 0 Å². The van der Waals surface area contributed by atoms with Crippen LogP contribution in [0.3, 0.4) is 0 Å². The Labute approximate surface area is 156 Å². The van der Waals surface area contributed by atoms with Crippen LogP contribution in [0.2, 0.25) is 0 Å². The maximum Gasteiger partial charge on any atom is 0.119 e. The molecule has 0 spiro atoms. The summed E-state index contributed by atoms with van der Waals surface area (Å²) in [5.74, 6) is 1.54. The van der Waals surface area contributed by atoms with Crippen molar-refractivity contribution in [2.75, 3.05) is 20.3 Å². The SMILES string of the molecule is COc1ccc(OCC(O)CN(Cc2ccc(C)cc2C)C2CC2)cc1. The molecule has 0 radical (unpaired) electrons. The minimum atomic E-state index is -0.511. The summed E-state index contributed by atoms with van der Waals surface area (Å²) in [5, 5.41) is 10.5. The van der Waals surface area contributed by atoms with Crippen molar-refractivity contribution in [3.8, 4) is 11.5 Å². The van der Waals surface area contributed by atoms with Gasteiger partial charge >= 0.3 is 0 Å². The quantitative estimate of drug-likeness (QED) is 0.744. The molecule has 4 heteroatoms. The fourth-order valence-corrected chi connectivity index (χ4v) is 3.21. The highest BCUT2D eigenvalue weighted by molar-refractivity contribution is 5.31. The molecule has 1 N–H and O–H groups in total. The van der Waals surface area contributed by atoms with Crippen LogP contribution in [0, 0.1) is 13.8 Å². The Hall–Kier alpha value is -2.04. The highest BCUT2D eigenvalue weighted by Gasteiger charge is 2.30. The predicted molar refractivity (Wildman–Crippen MR) is 104 cm³/mol. The highest BCUT2D eigenvalue weighted by Crippen LogP contribution is 2.29. The van der Waals surface area contributed by atoms with Crippen molar-refractivity contribution in [1.82, 2.24) is 4.90 Å². The standard InChI is InChI=1S/C22H29NO3/c1-16-4-5-18(17(2)12-16)13-23(19-6-7-19)14-20(24)15-26-22-10-8-21(25-3)9-11-22/h4-5,8-12,19-20,24H,6-7,13-15H2,1-3H3. The van der Waals surface area contributed by atoms with Crippen molar-refractivity contribution in [2.24, 2.45) is 0 Å². The molecular weight excluding hydrogens is 326 g/mol. The Morgan fingerprint density at radius 3 is 2.38 bits per heavy atom. The van der Waals surface area contributed by atoms with E-state index in [2.05, 4.69) is 36.9 Å². The first kappa shape index (κ1) is 18.7. The largest absolute Gasteiger partial charge is 0.497 e. The highest BCUT2D eigenvalue weighted by atomic mass is 16.5. The minimum absolute atomic E-state index is 0.294. The number of methoxy groups -OCH3 is 1. The summed E-state index contributed by atoms with van der Waals surface area (Å²) in [6, 6.07) is 14.6. The van der Waals surface area contributed by atoms with Crippen LogP contribution in [-0.2, 0) is 6.54 Å². The zero-order chi connectivity index (χ0) is 18.5. The van der Waals surface area contributed by atoms with E-state index in [0.29, 0.717) is 19.2 Å². The second kappa shape index (κ2) is 8.56. The molecule has 1 aliphatic rings. The van der Waals surface area contributed by atoms with Crippen LogP contribution < -0.4 is 9.47 Å². The number of rotatable bonds is 9. The van der Waals surface area contributed by atoms with Gasteiger partial charge in [-0.2, -0.15) is 0 Å². The third kappa shape index (κ3) is 5.23. The van der Waals surface area contributed by atoms with Crippen LogP contribution in [-0.4, -0.2) is 42.4 Å². The summed E-state index contributed by atoms with van der Waals surface area (Å²) in [6.07, 6.45) is 1.93. The predicted octanol–water partition coefficient (Wildman–Crippen LogP) is 3.72. The molecule has 2 aromatic carbocycles. The maximum absolute atomic E-state index is 10.5. The molecule has 4 nitrogen and oxygen atoms in total. The molecule has 1 fully saturated rings. The van der Waals surface area contributed by atoms with Gasteiger partial charge in [0, 0.05) is 19.1 Å². The van der Waals surface area contributed by atoms with Gasteiger partial charge < -0.3 is 14.6 Å². The van der Waals surface area contributed by atoms with E-state index in [0.717, 1.165) is 18.0 Å². The summed E-state index contributed by atoms with van der Waals surface area (Å²) in [5.41, 5.74) is 3.95. The Bertz CT molecular complexity index is 710. The molecule has 0 saturated heterocycles. The van der Waals surface area contributed by atoms with Gasteiger partial charge in [0.1, 0.15) is 24.2 Å². The monoisotopic (exact) mass is 355 g/mol. The number of ether oxygens (including phenoxy) is 2. The molecule has 140 valence electrons. The molecule has 26 heavy (non-hydrogen) atoms. The minimum Gasteiger partial charge on any atom is -0.497 e. The lowest BCUT2D eigenvalue weighted by Crippen LogP contribution is -2.36. The van der Waals surface area contributed by atoms with Gasteiger partial charge in [-0.15, -0.1) is 0 Å². The lowest BCUT2D eigenvalue weighted by molar-refractivity contribution is 0.0625. The molecule has 1 unspecified atom stereocenters. The van der Waals surface area contributed by atoms with Gasteiger partial charge in [0.25, 0.3) is 0 Å². The molecule has 0 aliphatic heterocycles. The Morgan fingerprint density at radius 1 is 1.08 bits per heavy atom. The normalized spacial score (nSPS) is 15.1. The molecule has 1 saturated carbocycles. The van der Waals surface area contributed by atoms with Crippen LogP contribution in [0.15, 0.2) is 42.5 Å². The van der Waals surface area contributed by atoms with Crippen molar-refractivity contribution in [1.29, 1.82) is 0 Å². The van der Waals surface area contributed by atoms with Gasteiger partial charge in [0.15, 0.2) is 0 Å². The molecule has 0 bridgehead atoms. The first-order valence-electron chi connectivity index (χ1n) is 9.30. The van der Waals surface area contributed by atoms with Crippen molar-refractivity contribution in [3.05, 3.63) is 59.2 Å². The maximum atomic E-state index is 10.5. The van der Waals surface area contributed by atoms with E-state index in [9.17, 15) is 5.11 Å². The van der Waals surface area contributed by atoms with E-state index in [1.165, 1.54) is 29.5 Å². The third-order valence-corrected chi connectivity index (χ3v) is 4.88. The summed E-state index contributed by atoms with van der Waals surface area (Å²) in [7, 11) is 1.64. The number of aliphatic hydroxyl groups excluding tert-OH is 1. The van der Waals surface area contributed by atoms with Crippen LogP contribution in [0.5, 0.6) is 11.5 Å². The molecule has 0 amide bonds. The average Bonchev–Trinajstić information content (AvgIpc) is 3.47. The molecular formula is C22H29NO3. The number of aryl methyl sites for hydroxylation is 2. The first-order chi connectivity index (χ1) is 12.5. The lowest BCUT2D eigenvalue weighted by atomic mass is 10.1. The third-order valence-electron chi connectivity index (χ3n) is 4.88. The molecule has 1 aliphatic carbocycles. The van der Waals surface area contributed by atoms with E-state index < -0.39 is 6.10 Å². The van der Waals surface area contributed by atoms with Gasteiger partial charge in [-0.1, -0.05) is 23.8 Å². The first-order valence-corrected chi connectivity index (χ1v) is 9.30. The number of nitrogens with zero attached hydrogens (tertiary/aromatic N) is 1. The topological polar surface area (TPSA) is 41.9 Å². The molecule has 0 aromatic heterocycles. The second-order valence-corrected chi connectivity index (χ2v) is 7.23. The van der Waals surface area contributed by atoms with Gasteiger partial charge in [-0.3, -0.25) is 4.90 Å². The van der Waals surface area contributed by atoms with Crippen molar-refractivity contribution >= 4 is 0 Å². The van der Waals surface area contributed by atoms with E-state index in [1.54, 1.807) is 7.11 Å². The van der Waals surface area contributed by atoms with Crippen molar-refractivity contribution in [3.63, 3.8) is 0 Å². The summed E-state index contributed by atoms with van der Waals surface area (Å²) < 4.78 is 10.9. The number of aliphatic hydroxyl groups is 1. The number of hydrogen-bond acceptors (Lipinski definition) is 4. The zero-order valence-electron chi connectivity index (χ0n) is 15.9. The number of hydrogen-bond donors (Lipinski definition) is 1. The Kier molecular flexibility index (Phi) is 6.17. The summed E-state index contributed by atoms with van der Waals surface area (Å²) in [6.45, 7) is 6.10. The zero-order valence-corrected chi connectivity index (χ0v) is 15.9. The van der Waals surface area contributed by atoms with Gasteiger partial charge in [0.05, 0.1) is 7.11 Å². The molecule has 1 atom stereocenters. The van der Waals surface area contributed by atoms with Crippen LogP contribution in [0.4, 0.5) is 0 Å². The molecule has 0 heterocycles. The van der Waals surface area contributed by atoms with E-state index in [4.69, 9.17) is 9.47 Å². The van der Waals surface area contributed by atoms with Crippen LogP contribution in [0.25, 0.3) is 0 Å². The van der Waals surface area contributed by atoms with Gasteiger partial charge in [0.2, 0.25) is 0 Å². The van der Waals surface area contributed by atoms with Crippen molar-refractivity contribution < 1.29 is 14.6 Å². The van der Waals surface area contributed by atoms with Crippen molar-refractivity contribution in [2.45, 2.75) is 45.4 Å². The smallest absolute Gasteiger partial charge is 0.119 e. The van der Waals surface area contributed by atoms with Crippen LogP contribution >= 0.6 is 0 Å². The van der Waals surface area contributed by atoms with E-state index >= 15 is 0 Å². The Balaban J connectivity index is 1.53. The fourth-order valence-electron chi connectivity index (χ4n) is 3.21. The summed E-state index contributed by atoms with van der Waals surface area (Å²) in [4.78, 5) is 2.39. The Morgan fingerprint density at radius 2 is 1.77 bits per heavy atom. The van der Waals surface area contributed by atoms with E-state index in [1.807, 2.05) is 24.3 Å². The fraction of sp³-hybridized carbons (Fsp3) is 0.455. The number of benzene rings is 2. The molecule has 2 aromatic rings. The second-order valence-electron chi connectivity index (χ2n) is 7.23. The molecule has 3 rings (SSSR count). The lowest BCUT2D eigenvalue weighted by Gasteiger charge is -2.26. The van der Waals surface area contributed by atoms with E-state index in [-0.39, 0.29) is 0 Å². The average molecular weight is 355 g/mol. The summed E-state index contributed by atoms with van der Waals surface area (Å²) >= 11 is 0. The van der Waals surface area contributed by atoms with Gasteiger partial charge in [-0.05, 0) is 62.1 Å². The van der Waals surface area contributed by atoms with Crippen LogP contribution in [0.1, 0.15) is 29.5 Å².